The highest BCUT2D eigenvalue weighted by molar-refractivity contribution is 7.75. The van der Waals surface area contributed by atoms with E-state index in [1.807, 2.05) is 49.4 Å². The quantitative estimate of drug-likeness (QED) is 0.419. The summed E-state index contributed by atoms with van der Waals surface area (Å²) in [7, 11) is 0. The third-order valence-electron chi connectivity index (χ3n) is 2.82. The number of rotatable bonds is 8. The van der Waals surface area contributed by atoms with E-state index >= 15 is 0 Å². The molecular weight excluding hydrogens is 288 g/mol. The predicted octanol–water partition coefficient (Wildman–Crippen LogP) is 4.06. The van der Waals surface area contributed by atoms with Crippen LogP contribution < -0.4 is 4.89 Å². The van der Waals surface area contributed by atoms with Gasteiger partial charge in [0.25, 0.3) is 0 Å². The topological polar surface area (TPSA) is 44.8 Å². The highest BCUT2D eigenvalue weighted by atomic mass is 32.2. The summed E-state index contributed by atoms with van der Waals surface area (Å²) < 4.78 is 20.9. The zero-order valence-corrected chi connectivity index (χ0v) is 12.7. The second kappa shape index (κ2) is 8.56. The molecule has 0 saturated carbocycles. The van der Waals surface area contributed by atoms with E-state index in [1.165, 1.54) is 0 Å². The van der Waals surface area contributed by atoms with Gasteiger partial charge in [-0.1, -0.05) is 60.1 Å². The highest BCUT2D eigenvalue weighted by Crippen LogP contribution is 2.22. The molecule has 0 spiro atoms. The molecule has 21 heavy (non-hydrogen) atoms. The van der Waals surface area contributed by atoms with Gasteiger partial charge < -0.3 is 4.89 Å². The van der Waals surface area contributed by atoms with Gasteiger partial charge in [-0.05, 0) is 29.7 Å². The Labute approximate surface area is 127 Å². The SMILES string of the molecule is CCCCOS(=O)OOc1ccc(-c2ccccc2)cc1. The molecule has 0 aliphatic rings. The van der Waals surface area contributed by atoms with E-state index in [0.717, 1.165) is 24.0 Å². The Bertz CT molecular complexity index is 554. The average molecular weight is 306 g/mol. The molecule has 4 nitrogen and oxygen atoms in total. The van der Waals surface area contributed by atoms with E-state index in [1.54, 1.807) is 12.1 Å². The van der Waals surface area contributed by atoms with Crippen LogP contribution in [0.3, 0.4) is 0 Å². The van der Waals surface area contributed by atoms with E-state index in [0.29, 0.717) is 12.4 Å². The van der Waals surface area contributed by atoms with Crippen LogP contribution in [0, 0.1) is 0 Å². The van der Waals surface area contributed by atoms with Gasteiger partial charge in [0.1, 0.15) is 0 Å². The van der Waals surface area contributed by atoms with Crippen molar-refractivity contribution in [2.24, 2.45) is 0 Å². The molecule has 1 unspecified atom stereocenters. The first-order valence-electron chi connectivity index (χ1n) is 6.85. The lowest BCUT2D eigenvalue weighted by Gasteiger charge is -2.05. The van der Waals surface area contributed by atoms with Gasteiger partial charge in [0, 0.05) is 0 Å². The van der Waals surface area contributed by atoms with E-state index < -0.39 is 11.4 Å². The van der Waals surface area contributed by atoms with Crippen LogP contribution in [0.1, 0.15) is 19.8 Å². The first kappa shape index (κ1) is 15.7. The highest BCUT2D eigenvalue weighted by Gasteiger charge is 2.04. The normalized spacial score (nSPS) is 12.0. The molecule has 0 aliphatic carbocycles. The Morgan fingerprint density at radius 1 is 0.952 bits per heavy atom. The summed E-state index contributed by atoms with van der Waals surface area (Å²) in [5.41, 5.74) is 2.19. The Balaban J connectivity index is 1.84. The van der Waals surface area contributed by atoms with Crippen molar-refractivity contribution in [3.05, 3.63) is 54.6 Å². The van der Waals surface area contributed by atoms with Crippen molar-refractivity contribution >= 4 is 11.4 Å². The number of benzene rings is 2. The zero-order valence-electron chi connectivity index (χ0n) is 11.9. The van der Waals surface area contributed by atoms with Crippen LogP contribution in [-0.2, 0) is 19.9 Å². The van der Waals surface area contributed by atoms with E-state index in [2.05, 4.69) is 4.33 Å². The summed E-state index contributed by atoms with van der Waals surface area (Å²) in [6.45, 7) is 2.41. The second-order valence-electron chi connectivity index (χ2n) is 4.42. The largest absolute Gasteiger partial charge is 0.343 e. The molecule has 112 valence electrons. The monoisotopic (exact) mass is 306 g/mol. The molecule has 5 heteroatoms. The molecule has 0 aromatic heterocycles. The maximum atomic E-state index is 11.3. The lowest BCUT2D eigenvalue weighted by Crippen LogP contribution is -2.06. The van der Waals surface area contributed by atoms with Crippen LogP contribution in [0.15, 0.2) is 54.6 Å². The number of hydrogen-bond acceptors (Lipinski definition) is 4. The van der Waals surface area contributed by atoms with Gasteiger partial charge in [-0.3, -0.25) is 4.18 Å². The molecule has 0 saturated heterocycles. The average Bonchev–Trinajstić information content (AvgIpc) is 2.54. The molecule has 2 aromatic rings. The molecule has 2 rings (SSSR count). The van der Waals surface area contributed by atoms with Gasteiger partial charge in [0.2, 0.25) is 0 Å². The molecule has 2 aromatic carbocycles. The maximum Gasteiger partial charge on any atom is 0.343 e. The Kier molecular flexibility index (Phi) is 6.40. The fourth-order valence-corrected chi connectivity index (χ4v) is 2.12. The van der Waals surface area contributed by atoms with Gasteiger partial charge in [0.15, 0.2) is 5.75 Å². The van der Waals surface area contributed by atoms with Crippen LogP contribution in [0.25, 0.3) is 11.1 Å². The maximum absolute atomic E-state index is 11.3. The van der Waals surface area contributed by atoms with Gasteiger partial charge in [0.05, 0.1) is 6.61 Å². The summed E-state index contributed by atoms with van der Waals surface area (Å²) >= 11 is -1.89. The van der Waals surface area contributed by atoms with Crippen molar-refractivity contribution in [3.8, 4) is 16.9 Å². The summed E-state index contributed by atoms with van der Waals surface area (Å²) in [6, 6.07) is 17.3. The van der Waals surface area contributed by atoms with Crippen molar-refractivity contribution < 1.29 is 17.6 Å². The molecular formula is C16H18O4S. The minimum absolute atomic E-state index is 0.388. The van der Waals surface area contributed by atoms with E-state index in [-0.39, 0.29) is 0 Å². The minimum Gasteiger partial charge on any atom is -0.321 e. The first-order valence-corrected chi connectivity index (χ1v) is 7.85. The molecule has 0 radical (unpaired) electrons. The van der Waals surface area contributed by atoms with Gasteiger partial charge >= 0.3 is 11.4 Å². The van der Waals surface area contributed by atoms with E-state index in [4.69, 9.17) is 9.07 Å². The van der Waals surface area contributed by atoms with Gasteiger partial charge in [-0.25, -0.2) is 0 Å². The van der Waals surface area contributed by atoms with Crippen molar-refractivity contribution in [1.29, 1.82) is 0 Å². The fourth-order valence-electron chi connectivity index (χ4n) is 1.69. The molecule has 0 aliphatic heterocycles. The summed E-state index contributed by atoms with van der Waals surface area (Å²) in [5, 5.41) is 0. The van der Waals surface area contributed by atoms with Crippen LogP contribution in [0.2, 0.25) is 0 Å². The number of hydrogen-bond donors (Lipinski definition) is 0. The molecule has 0 fully saturated rings. The zero-order chi connectivity index (χ0) is 14.9. The smallest absolute Gasteiger partial charge is 0.321 e. The van der Waals surface area contributed by atoms with Crippen molar-refractivity contribution in [3.63, 3.8) is 0 Å². The second-order valence-corrected chi connectivity index (χ2v) is 5.20. The van der Waals surface area contributed by atoms with Gasteiger partial charge in [-0.15, -0.1) is 0 Å². The minimum atomic E-state index is -1.89. The third kappa shape index (κ3) is 5.30. The van der Waals surface area contributed by atoms with Crippen molar-refractivity contribution in [2.75, 3.05) is 6.61 Å². The Hall–Kier alpha value is -1.69. The van der Waals surface area contributed by atoms with Crippen LogP contribution >= 0.6 is 0 Å². The standard InChI is InChI=1S/C16H18O4S/c1-2-3-13-18-21(17)20-19-16-11-9-15(10-12-16)14-7-5-4-6-8-14/h4-12H,2-3,13H2,1H3. The lowest BCUT2D eigenvalue weighted by molar-refractivity contribution is -0.0969. The van der Waals surface area contributed by atoms with E-state index in [9.17, 15) is 4.21 Å². The Morgan fingerprint density at radius 2 is 1.62 bits per heavy atom. The van der Waals surface area contributed by atoms with Gasteiger partial charge in [-0.2, -0.15) is 4.21 Å². The Morgan fingerprint density at radius 3 is 2.29 bits per heavy atom. The van der Waals surface area contributed by atoms with Crippen LogP contribution in [0.5, 0.6) is 5.75 Å². The third-order valence-corrected chi connectivity index (χ3v) is 3.36. The lowest BCUT2D eigenvalue weighted by atomic mass is 10.1. The molecule has 0 amide bonds. The first-order chi connectivity index (χ1) is 10.3. The molecule has 0 heterocycles. The predicted molar refractivity (Wildman–Crippen MR) is 82.6 cm³/mol. The van der Waals surface area contributed by atoms with Crippen molar-refractivity contribution in [2.45, 2.75) is 19.8 Å². The summed E-state index contributed by atoms with van der Waals surface area (Å²) in [5.74, 6) is 0.474. The summed E-state index contributed by atoms with van der Waals surface area (Å²) in [6.07, 6.45) is 1.81. The molecule has 1 atom stereocenters. The summed E-state index contributed by atoms with van der Waals surface area (Å²) in [4.78, 5) is 4.96. The number of unbranched alkanes of at least 4 members (excludes halogenated alkanes) is 1. The molecule has 0 bridgehead atoms. The fraction of sp³-hybridized carbons (Fsp3) is 0.250. The van der Waals surface area contributed by atoms with Crippen LogP contribution in [-0.4, -0.2) is 10.8 Å². The van der Waals surface area contributed by atoms with Crippen molar-refractivity contribution in [1.82, 2.24) is 0 Å². The van der Waals surface area contributed by atoms with Crippen LogP contribution in [0.4, 0.5) is 0 Å². The molecule has 0 N–H and O–H groups in total.